The SMILES string of the molecule is Cc1ccc(Oc2ccc(NC(=O)c3cc([N+](=O)[O-])cc(S(C)(=O)=O)c3)cc2)cc1. The maximum absolute atomic E-state index is 12.5. The van der Waals surface area contributed by atoms with Gasteiger partial charge in [0.2, 0.25) is 0 Å². The molecule has 0 aromatic heterocycles. The molecule has 3 aromatic carbocycles. The van der Waals surface area contributed by atoms with Gasteiger partial charge in [-0.2, -0.15) is 0 Å². The van der Waals surface area contributed by atoms with E-state index in [0.29, 0.717) is 17.2 Å². The Balaban J connectivity index is 1.78. The lowest BCUT2D eigenvalue weighted by molar-refractivity contribution is -0.385. The molecular formula is C21H18N2O6S. The minimum atomic E-state index is -3.73. The second kappa shape index (κ2) is 8.34. The maximum atomic E-state index is 12.5. The van der Waals surface area contributed by atoms with E-state index in [4.69, 9.17) is 4.74 Å². The highest BCUT2D eigenvalue weighted by Crippen LogP contribution is 2.25. The molecule has 0 radical (unpaired) electrons. The van der Waals surface area contributed by atoms with E-state index in [9.17, 15) is 23.3 Å². The van der Waals surface area contributed by atoms with Gasteiger partial charge in [0.1, 0.15) is 11.5 Å². The Morgan fingerprint density at radius 2 is 1.53 bits per heavy atom. The molecule has 154 valence electrons. The van der Waals surface area contributed by atoms with E-state index < -0.39 is 26.4 Å². The van der Waals surface area contributed by atoms with Crippen LogP contribution in [0.2, 0.25) is 0 Å². The molecule has 30 heavy (non-hydrogen) atoms. The summed E-state index contributed by atoms with van der Waals surface area (Å²) in [7, 11) is -3.73. The van der Waals surface area contributed by atoms with Crippen LogP contribution in [0.3, 0.4) is 0 Å². The largest absolute Gasteiger partial charge is 0.457 e. The molecule has 1 amide bonds. The van der Waals surface area contributed by atoms with Crippen LogP contribution in [0.5, 0.6) is 11.5 Å². The first kappa shape index (κ1) is 21.0. The summed E-state index contributed by atoms with van der Waals surface area (Å²) in [5.41, 5.74) is 0.916. The Hall–Kier alpha value is -3.72. The van der Waals surface area contributed by atoms with E-state index in [2.05, 4.69) is 5.32 Å². The monoisotopic (exact) mass is 426 g/mol. The fourth-order valence-corrected chi connectivity index (χ4v) is 3.26. The highest BCUT2D eigenvalue weighted by atomic mass is 32.2. The number of non-ortho nitro benzene ring substituents is 1. The van der Waals surface area contributed by atoms with E-state index in [1.54, 1.807) is 24.3 Å². The van der Waals surface area contributed by atoms with Crippen molar-refractivity contribution in [2.75, 3.05) is 11.6 Å². The molecule has 0 saturated heterocycles. The van der Waals surface area contributed by atoms with Gasteiger partial charge < -0.3 is 10.1 Å². The number of hydrogen-bond donors (Lipinski definition) is 1. The molecule has 0 saturated carbocycles. The maximum Gasteiger partial charge on any atom is 0.271 e. The summed E-state index contributed by atoms with van der Waals surface area (Å²) in [6.07, 6.45) is 0.917. The van der Waals surface area contributed by atoms with E-state index in [1.165, 1.54) is 0 Å². The number of sulfone groups is 1. The number of hydrogen-bond acceptors (Lipinski definition) is 6. The van der Waals surface area contributed by atoms with Crippen molar-refractivity contribution < 1.29 is 22.9 Å². The van der Waals surface area contributed by atoms with Crippen LogP contribution in [-0.4, -0.2) is 25.5 Å². The van der Waals surface area contributed by atoms with Crippen LogP contribution in [0.4, 0.5) is 11.4 Å². The molecule has 0 spiro atoms. The van der Waals surface area contributed by atoms with Crippen molar-refractivity contribution >= 4 is 27.1 Å². The van der Waals surface area contributed by atoms with Gasteiger partial charge in [0.05, 0.1) is 9.82 Å². The van der Waals surface area contributed by atoms with E-state index in [-0.39, 0.29) is 10.5 Å². The molecule has 0 aliphatic heterocycles. The van der Waals surface area contributed by atoms with Gasteiger partial charge in [-0.1, -0.05) is 17.7 Å². The first-order chi connectivity index (χ1) is 14.1. The number of carbonyl (C=O) groups excluding carboxylic acids is 1. The predicted molar refractivity (Wildman–Crippen MR) is 112 cm³/mol. The molecule has 0 fully saturated rings. The highest BCUT2D eigenvalue weighted by Gasteiger charge is 2.19. The Labute approximate surface area is 173 Å². The number of benzene rings is 3. The van der Waals surface area contributed by atoms with Gasteiger partial charge in [-0.15, -0.1) is 0 Å². The predicted octanol–water partition coefficient (Wildman–Crippen LogP) is 4.35. The zero-order valence-corrected chi connectivity index (χ0v) is 17.0. The van der Waals surface area contributed by atoms with Gasteiger partial charge >= 0.3 is 0 Å². The molecule has 0 aliphatic carbocycles. The van der Waals surface area contributed by atoms with Crippen molar-refractivity contribution in [2.45, 2.75) is 11.8 Å². The number of carbonyl (C=O) groups is 1. The normalized spacial score (nSPS) is 11.0. The Kier molecular flexibility index (Phi) is 5.84. The number of anilines is 1. The lowest BCUT2D eigenvalue weighted by Crippen LogP contribution is -2.13. The molecule has 3 rings (SSSR count). The van der Waals surface area contributed by atoms with Gasteiger partial charge in [0, 0.05) is 29.6 Å². The lowest BCUT2D eigenvalue weighted by Gasteiger charge is -2.09. The third-order valence-corrected chi connectivity index (χ3v) is 5.25. The molecule has 8 nitrogen and oxygen atoms in total. The van der Waals surface area contributed by atoms with Crippen molar-refractivity contribution in [3.63, 3.8) is 0 Å². The first-order valence-electron chi connectivity index (χ1n) is 8.77. The van der Waals surface area contributed by atoms with Crippen LogP contribution in [0.1, 0.15) is 15.9 Å². The zero-order chi connectivity index (χ0) is 21.9. The third kappa shape index (κ3) is 5.21. The smallest absolute Gasteiger partial charge is 0.271 e. The number of rotatable bonds is 6. The Bertz CT molecular complexity index is 1200. The topological polar surface area (TPSA) is 116 Å². The average molecular weight is 426 g/mol. The molecular weight excluding hydrogens is 408 g/mol. The molecule has 1 N–H and O–H groups in total. The number of ether oxygens (including phenoxy) is 1. The minimum absolute atomic E-state index is 0.135. The summed E-state index contributed by atoms with van der Waals surface area (Å²) in [4.78, 5) is 22.6. The molecule has 0 bridgehead atoms. The number of aryl methyl sites for hydroxylation is 1. The molecule has 0 atom stereocenters. The summed E-state index contributed by atoms with van der Waals surface area (Å²) in [6, 6.07) is 17.1. The fourth-order valence-electron chi connectivity index (χ4n) is 2.59. The highest BCUT2D eigenvalue weighted by molar-refractivity contribution is 7.90. The summed E-state index contributed by atoms with van der Waals surface area (Å²) in [5, 5.41) is 13.7. The second-order valence-corrected chi connectivity index (χ2v) is 8.65. The number of nitrogens with zero attached hydrogens (tertiary/aromatic N) is 1. The molecule has 0 heterocycles. The van der Waals surface area contributed by atoms with Crippen molar-refractivity contribution in [1.29, 1.82) is 0 Å². The third-order valence-electron chi connectivity index (χ3n) is 4.16. The van der Waals surface area contributed by atoms with E-state index in [1.807, 2.05) is 31.2 Å². The zero-order valence-electron chi connectivity index (χ0n) is 16.2. The summed E-state index contributed by atoms with van der Waals surface area (Å²) in [5.74, 6) is 0.560. The molecule has 3 aromatic rings. The number of nitrogens with one attached hydrogen (secondary N) is 1. The molecule has 0 aliphatic rings. The Morgan fingerprint density at radius 3 is 2.07 bits per heavy atom. The summed E-state index contributed by atoms with van der Waals surface area (Å²) >= 11 is 0. The van der Waals surface area contributed by atoms with Crippen molar-refractivity contribution in [2.24, 2.45) is 0 Å². The minimum Gasteiger partial charge on any atom is -0.457 e. The first-order valence-corrected chi connectivity index (χ1v) is 10.7. The van der Waals surface area contributed by atoms with Crippen LogP contribution < -0.4 is 10.1 Å². The van der Waals surface area contributed by atoms with Crippen LogP contribution in [0.15, 0.2) is 71.6 Å². The van der Waals surface area contributed by atoms with Crippen molar-refractivity contribution in [1.82, 2.24) is 0 Å². The summed E-state index contributed by atoms with van der Waals surface area (Å²) < 4.78 is 29.3. The van der Waals surface area contributed by atoms with E-state index in [0.717, 1.165) is 30.0 Å². The van der Waals surface area contributed by atoms with Crippen LogP contribution >= 0.6 is 0 Å². The van der Waals surface area contributed by atoms with Gasteiger partial charge in [-0.05, 0) is 49.4 Å². The van der Waals surface area contributed by atoms with Crippen molar-refractivity contribution in [3.8, 4) is 11.5 Å². The number of nitro groups is 1. The summed E-state index contributed by atoms with van der Waals surface area (Å²) in [6.45, 7) is 1.97. The van der Waals surface area contributed by atoms with Crippen LogP contribution in [0.25, 0.3) is 0 Å². The molecule has 0 unspecified atom stereocenters. The van der Waals surface area contributed by atoms with Crippen LogP contribution in [-0.2, 0) is 9.84 Å². The Morgan fingerprint density at radius 1 is 0.967 bits per heavy atom. The average Bonchev–Trinajstić information content (AvgIpc) is 2.70. The molecule has 9 heteroatoms. The number of nitro benzene ring substituents is 1. The standard InChI is InChI=1S/C21H18N2O6S/c1-14-3-7-18(8-4-14)29-19-9-5-16(6-10-19)22-21(24)15-11-17(23(25)26)13-20(12-15)30(2,27)28/h3-13H,1-2H3,(H,22,24). The quantitative estimate of drug-likeness (QED) is 0.463. The number of amides is 1. The van der Waals surface area contributed by atoms with Crippen LogP contribution in [0, 0.1) is 17.0 Å². The lowest BCUT2D eigenvalue weighted by atomic mass is 10.2. The second-order valence-electron chi connectivity index (χ2n) is 6.64. The van der Waals surface area contributed by atoms with Gasteiger partial charge in [-0.3, -0.25) is 14.9 Å². The van der Waals surface area contributed by atoms with Gasteiger partial charge in [0.15, 0.2) is 9.84 Å². The van der Waals surface area contributed by atoms with Gasteiger partial charge in [-0.25, -0.2) is 8.42 Å². The van der Waals surface area contributed by atoms with Gasteiger partial charge in [0.25, 0.3) is 11.6 Å². The van der Waals surface area contributed by atoms with Crippen molar-refractivity contribution in [3.05, 3.63) is 88.0 Å². The van der Waals surface area contributed by atoms with E-state index >= 15 is 0 Å². The fraction of sp³-hybridized carbons (Fsp3) is 0.0952.